The maximum absolute atomic E-state index is 3.80. The van der Waals surface area contributed by atoms with Gasteiger partial charge in [-0.1, -0.05) is 87.5 Å². The van der Waals surface area contributed by atoms with Gasteiger partial charge in [-0.3, -0.25) is 0 Å². The van der Waals surface area contributed by atoms with Crippen molar-refractivity contribution in [2.45, 2.75) is 83.1 Å². The van der Waals surface area contributed by atoms with Gasteiger partial charge in [0.1, 0.15) is 0 Å². The standard InChI is InChI=1S/2C9H18.CH4/c1-7-9(5,6)8(2,3)4;1-6-7-8(2)9(3,4)5;/h7H,1H2,2-6H3;7H,6H2,1-5H3;1H4/b;8-7+;. The quantitative estimate of drug-likeness (QED) is 0.462. The third-order valence-electron chi connectivity index (χ3n) is 4.14. The van der Waals surface area contributed by atoms with Crippen LogP contribution >= 0.6 is 0 Å². The van der Waals surface area contributed by atoms with Gasteiger partial charge in [-0.25, -0.2) is 0 Å². The van der Waals surface area contributed by atoms with Gasteiger partial charge in [0.15, 0.2) is 0 Å². The molecule has 0 N–H and O–H groups in total. The minimum absolute atomic E-state index is 0. The SMILES string of the molecule is C.C=CC(C)(C)C(C)(C)C.CC/C=C(\C)C(C)(C)C. The molecular formula is C19H40. The summed E-state index contributed by atoms with van der Waals surface area (Å²) in [5.41, 5.74) is 2.43. The van der Waals surface area contributed by atoms with Gasteiger partial charge in [-0.05, 0) is 29.6 Å². The summed E-state index contributed by atoms with van der Waals surface area (Å²) < 4.78 is 0. The largest absolute Gasteiger partial charge is 0.103 e. The molecule has 0 nitrogen and oxygen atoms in total. The molecule has 0 fully saturated rings. The van der Waals surface area contributed by atoms with Crippen molar-refractivity contribution >= 4 is 0 Å². The highest BCUT2D eigenvalue weighted by Crippen LogP contribution is 2.38. The smallest absolute Gasteiger partial charge is 0.0129 e. The van der Waals surface area contributed by atoms with Crippen molar-refractivity contribution in [3.8, 4) is 0 Å². The lowest BCUT2D eigenvalue weighted by molar-refractivity contribution is 0.193. The van der Waals surface area contributed by atoms with Crippen LogP contribution in [0.3, 0.4) is 0 Å². The molecule has 0 heteroatoms. The van der Waals surface area contributed by atoms with Crippen molar-refractivity contribution < 1.29 is 0 Å². The summed E-state index contributed by atoms with van der Waals surface area (Å²) in [4.78, 5) is 0. The second-order valence-electron chi connectivity index (χ2n) is 7.72. The summed E-state index contributed by atoms with van der Waals surface area (Å²) in [6.45, 7) is 26.0. The van der Waals surface area contributed by atoms with Crippen molar-refractivity contribution in [1.82, 2.24) is 0 Å². The Kier molecular flexibility index (Phi) is 10.7. The fourth-order valence-corrected chi connectivity index (χ4v) is 0.919. The molecule has 0 aromatic heterocycles. The highest BCUT2D eigenvalue weighted by molar-refractivity contribution is 5.06. The van der Waals surface area contributed by atoms with Gasteiger partial charge in [-0.2, -0.15) is 0 Å². The molecule has 0 aromatic carbocycles. The zero-order chi connectivity index (χ0) is 15.2. The Morgan fingerprint density at radius 3 is 1.37 bits per heavy atom. The third-order valence-corrected chi connectivity index (χ3v) is 4.14. The predicted octanol–water partition coefficient (Wildman–Crippen LogP) is 7.27. The van der Waals surface area contributed by atoms with Crippen LogP contribution in [0.15, 0.2) is 24.3 Å². The fraction of sp³-hybridized carbons (Fsp3) is 0.789. The van der Waals surface area contributed by atoms with Gasteiger partial charge in [-0.15, -0.1) is 6.58 Å². The second kappa shape index (κ2) is 8.61. The van der Waals surface area contributed by atoms with Crippen LogP contribution in [0.1, 0.15) is 83.1 Å². The van der Waals surface area contributed by atoms with Crippen LogP contribution < -0.4 is 0 Å². The van der Waals surface area contributed by atoms with E-state index >= 15 is 0 Å². The first kappa shape index (κ1) is 23.6. The van der Waals surface area contributed by atoms with Gasteiger partial charge in [0.25, 0.3) is 0 Å². The topological polar surface area (TPSA) is 0 Å². The molecule has 116 valence electrons. The van der Waals surface area contributed by atoms with E-state index in [9.17, 15) is 0 Å². The lowest BCUT2D eigenvalue weighted by Gasteiger charge is -2.35. The van der Waals surface area contributed by atoms with E-state index in [-0.39, 0.29) is 12.8 Å². The van der Waals surface area contributed by atoms with Crippen LogP contribution in [-0.2, 0) is 0 Å². The number of rotatable bonds is 2. The number of allylic oxidation sites excluding steroid dienone is 3. The molecule has 0 atom stereocenters. The molecule has 0 rings (SSSR count). The van der Waals surface area contributed by atoms with E-state index in [1.165, 1.54) is 5.57 Å². The van der Waals surface area contributed by atoms with E-state index in [0.29, 0.717) is 10.8 Å². The van der Waals surface area contributed by atoms with E-state index in [0.717, 1.165) is 6.42 Å². The van der Waals surface area contributed by atoms with Crippen LogP contribution in [0.25, 0.3) is 0 Å². The lowest BCUT2D eigenvalue weighted by Crippen LogP contribution is -2.26. The first-order valence-electron chi connectivity index (χ1n) is 7.10. The fourth-order valence-electron chi connectivity index (χ4n) is 0.919. The van der Waals surface area contributed by atoms with Gasteiger partial charge in [0.05, 0.1) is 0 Å². The zero-order valence-corrected chi connectivity index (χ0v) is 14.6. The van der Waals surface area contributed by atoms with E-state index < -0.39 is 0 Å². The molecule has 0 aliphatic rings. The molecule has 0 bridgehead atoms. The van der Waals surface area contributed by atoms with Crippen LogP contribution in [0.2, 0.25) is 0 Å². The van der Waals surface area contributed by atoms with Gasteiger partial charge < -0.3 is 0 Å². The second-order valence-corrected chi connectivity index (χ2v) is 7.72. The van der Waals surface area contributed by atoms with E-state index in [1.807, 2.05) is 6.08 Å². The minimum Gasteiger partial charge on any atom is -0.103 e. The molecule has 0 saturated heterocycles. The molecule has 19 heavy (non-hydrogen) atoms. The molecule has 0 saturated carbocycles. The highest BCUT2D eigenvalue weighted by Gasteiger charge is 2.28. The molecule has 0 spiro atoms. The van der Waals surface area contributed by atoms with Crippen LogP contribution in [0.5, 0.6) is 0 Å². The summed E-state index contributed by atoms with van der Waals surface area (Å²) in [5, 5.41) is 0. The summed E-state index contributed by atoms with van der Waals surface area (Å²) >= 11 is 0. The predicted molar refractivity (Wildman–Crippen MR) is 93.7 cm³/mol. The Morgan fingerprint density at radius 1 is 0.947 bits per heavy atom. The summed E-state index contributed by atoms with van der Waals surface area (Å²) in [5.74, 6) is 0. The van der Waals surface area contributed by atoms with E-state index in [2.05, 4.69) is 81.9 Å². The Labute approximate surface area is 124 Å². The van der Waals surface area contributed by atoms with Crippen LogP contribution in [0, 0.1) is 16.2 Å². The summed E-state index contributed by atoms with van der Waals surface area (Å²) in [6, 6.07) is 0. The average Bonchev–Trinajstić information content (AvgIpc) is 2.16. The Hall–Kier alpha value is -0.520. The Morgan fingerprint density at radius 2 is 1.32 bits per heavy atom. The van der Waals surface area contributed by atoms with E-state index in [1.54, 1.807) is 0 Å². The first-order chi connectivity index (χ1) is 7.79. The molecular weight excluding hydrogens is 228 g/mol. The molecule has 0 heterocycles. The monoisotopic (exact) mass is 268 g/mol. The van der Waals surface area contributed by atoms with Crippen molar-refractivity contribution in [1.29, 1.82) is 0 Å². The minimum atomic E-state index is 0. The Bertz CT molecular complexity index is 263. The summed E-state index contributed by atoms with van der Waals surface area (Å²) in [6.07, 6.45) is 5.47. The molecule has 0 aliphatic carbocycles. The maximum Gasteiger partial charge on any atom is -0.0129 e. The van der Waals surface area contributed by atoms with Crippen LogP contribution in [0.4, 0.5) is 0 Å². The van der Waals surface area contributed by atoms with Crippen LogP contribution in [-0.4, -0.2) is 0 Å². The molecule has 0 aromatic rings. The molecule has 0 amide bonds. The van der Waals surface area contributed by atoms with Gasteiger partial charge in [0, 0.05) is 0 Å². The molecule has 0 unspecified atom stereocenters. The third kappa shape index (κ3) is 9.99. The van der Waals surface area contributed by atoms with E-state index in [4.69, 9.17) is 0 Å². The maximum atomic E-state index is 3.80. The van der Waals surface area contributed by atoms with Crippen molar-refractivity contribution in [3.05, 3.63) is 24.3 Å². The molecule has 0 radical (unpaired) electrons. The summed E-state index contributed by atoms with van der Waals surface area (Å²) in [7, 11) is 0. The Balaban J connectivity index is -0.000000256. The van der Waals surface area contributed by atoms with Crippen molar-refractivity contribution in [2.24, 2.45) is 16.2 Å². The van der Waals surface area contributed by atoms with Crippen molar-refractivity contribution in [3.63, 3.8) is 0 Å². The van der Waals surface area contributed by atoms with Crippen molar-refractivity contribution in [2.75, 3.05) is 0 Å². The van der Waals surface area contributed by atoms with Gasteiger partial charge in [0.2, 0.25) is 0 Å². The van der Waals surface area contributed by atoms with Gasteiger partial charge >= 0.3 is 0 Å². The average molecular weight is 269 g/mol. The highest BCUT2D eigenvalue weighted by atomic mass is 14.3. The first-order valence-corrected chi connectivity index (χ1v) is 7.10. The zero-order valence-electron chi connectivity index (χ0n) is 14.6. The molecule has 0 aliphatic heterocycles. The number of hydrogen-bond donors (Lipinski definition) is 0. The lowest BCUT2D eigenvalue weighted by atomic mass is 9.70. The normalized spacial score (nSPS) is 13.1. The number of hydrogen-bond acceptors (Lipinski definition) is 0.